The van der Waals surface area contributed by atoms with Crippen LogP contribution < -0.4 is 0 Å². The number of nitrogens with zero attached hydrogens (tertiary/aromatic N) is 1. The van der Waals surface area contributed by atoms with E-state index in [0.717, 1.165) is 38.5 Å². The minimum atomic E-state index is -3.07. The zero-order chi connectivity index (χ0) is 13.4. The topological polar surface area (TPSA) is 57.6 Å². The van der Waals surface area contributed by atoms with Crippen molar-refractivity contribution < 1.29 is 13.5 Å². The van der Waals surface area contributed by atoms with E-state index < -0.39 is 15.6 Å². The number of piperidine rings is 1. The van der Waals surface area contributed by atoms with Gasteiger partial charge < -0.3 is 5.11 Å². The van der Waals surface area contributed by atoms with Crippen molar-refractivity contribution >= 4 is 10.0 Å². The van der Waals surface area contributed by atoms with Gasteiger partial charge in [-0.2, -0.15) is 0 Å². The molecule has 1 aliphatic carbocycles. The molecule has 2 aliphatic rings. The van der Waals surface area contributed by atoms with Gasteiger partial charge in [-0.25, -0.2) is 12.7 Å². The second-order valence-corrected chi connectivity index (χ2v) is 8.05. The maximum absolute atomic E-state index is 11.6. The van der Waals surface area contributed by atoms with Crippen LogP contribution in [-0.2, 0) is 10.0 Å². The van der Waals surface area contributed by atoms with Crippen LogP contribution in [0.15, 0.2) is 0 Å². The Hall–Kier alpha value is -0.130. The highest BCUT2D eigenvalue weighted by Crippen LogP contribution is 2.45. The molecule has 18 heavy (non-hydrogen) atoms. The number of hydrogen-bond donors (Lipinski definition) is 1. The first kappa shape index (κ1) is 14.3. The second-order valence-electron chi connectivity index (χ2n) is 6.06. The molecule has 0 aromatic rings. The van der Waals surface area contributed by atoms with Gasteiger partial charge in [0, 0.05) is 13.1 Å². The molecule has 0 spiro atoms. The summed E-state index contributed by atoms with van der Waals surface area (Å²) in [5.41, 5.74) is -0.550. The van der Waals surface area contributed by atoms with E-state index in [-0.39, 0.29) is 0 Å². The Morgan fingerprint density at radius 3 is 2.50 bits per heavy atom. The Balaban J connectivity index is 1.97. The third-order valence-corrected chi connectivity index (χ3v) is 5.81. The van der Waals surface area contributed by atoms with Crippen molar-refractivity contribution in [2.24, 2.45) is 11.8 Å². The molecule has 106 valence electrons. The molecule has 5 heteroatoms. The molecule has 2 fully saturated rings. The fraction of sp³-hybridized carbons (Fsp3) is 1.00. The van der Waals surface area contributed by atoms with Gasteiger partial charge in [0.2, 0.25) is 10.0 Å². The molecular formula is C13H25NO3S. The number of sulfonamides is 1. The van der Waals surface area contributed by atoms with Crippen LogP contribution in [0.5, 0.6) is 0 Å². The van der Waals surface area contributed by atoms with Crippen molar-refractivity contribution in [3.05, 3.63) is 0 Å². The Kier molecular flexibility index (Phi) is 4.04. The fourth-order valence-electron chi connectivity index (χ4n) is 3.21. The predicted molar refractivity (Wildman–Crippen MR) is 71.7 cm³/mol. The average Bonchev–Trinajstić information content (AvgIpc) is 3.12. The minimum absolute atomic E-state index is 0.319. The lowest BCUT2D eigenvalue weighted by Crippen LogP contribution is -2.43. The highest BCUT2D eigenvalue weighted by molar-refractivity contribution is 7.88. The third-order valence-electron chi connectivity index (χ3n) is 4.54. The van der Waals surface area contributed by atoms with E-state index in [1.54, 1.807) is 4.31 Å². The lowest BCUT2D eigenvalue weighted by Gasteiger charge is -2.36. The summed E-state index contributed by atoms with van der Waals surface area (Å²) in [6.07, 6.45) is 7.05. The molecule has 2 unspecified atom stereocenters. The molecule has 1 saturated heterocycles. The van der Waals surface area contributed by atoms with Crippen LogP contribution in [0.3, 0.4) is 0 Å². The number of rotatable bonds is 5. The van der Waals surface area contributed by atoms with Crippen molar-refractivity contribution in [1.82, 2.24) is 4.31 Å². The summed E-state index contributed by atoms with van der Waals surface area (Å²) in [5, 5.41) is 10.6. The van der Waals surface area contributed by atoms with Gasteiger partial charge in [0.05, 0.1) is 11.9 Å². The first-order valence-corrected chi connectivity index (χ1v) is 8.87. The molecule has 1 aliphatic heterocycles. The Bertz CT molecular complexity index is 391. The highest BCUT2D eigenvalue weighted by Gasteiger charge is 2.44. The standard InChI is InChI=1S/C13H25NO3S/c1-3-13(15,12-6-7-12)9-11-5-4-8-14(10-11)18(2,16)17/h11-12,15H,3-10H2,1-2H3. The summed E-state index contributed by atoms with van der Waals surface area (Å²) in [4.78, 5) is 0. The second kappa shape index (κ2) is 5.10. The van der Waals surface area contributed by atoms with Crippen molar-refractivity contribution in [2.75, 3.05) is 19.3 Å². The van der Waals surface area contributed by atoms with E-state index in [2.05, 4.69) is 0 Å². The molecule has 0 aromatic carbocycles. The van der Waals surface area contributed by atoms with Crippen LogP contribution in [0.1, 0.15) is 45.4 Å². The first-order valence-electron chi connectivity index (χ1n) is 7.02. The predicted octanol–water partition coefficient (Wildman–Crippen LogP) is 1.60. The van der Waals surface area contributed by atoms with Crippen molar-refractivity contribution in [1.29, 1.82) is 0 Å². The summed E-state index contributed by atoms with van der Waals surface area (Å²) in [5.74, 6) is 0.773. The van der Waals surface area contributed by atoms with Crippen molar-refractivity contribution in [2.45, 2.75) is 51.0 Å². The van der Waals surface area contributed by atoms with Gasteiger partial charge >= 0.3 is 0 Å². The monoisotopic (exact) mass is 275 g/mol. The molecule has 0 amide bonds. The van der Waals surface area contributed by atoms with Crippen LogP contribution in [0, 0.1) is 11.8 Å². The molecule has 0 aromatic heterocycles. The average molecular weight is 275 g/mol. The SMILES string of the molecule is CCC(O)(CC1CCCN(S(C)(=O)=O)C1)C1CC1. The highest BCUT2D eigenvalue weighted by atomic mass is 32.2. The Morgan fingerprint density at radius 2 is 2.00 bits per heavy atom. The summed E-state index contributed by atoms with van der Waals surface area (Å²) < 4.78 is 24.7. The summed E-state index contributed by atoms with van der Waals surface area (Å²) >= 11 is 0. The lowest BCUT2D eigenvalue weighted by molar-refractivity contribution is -0.0159. The molecule has 1 N–H and O–H groups in total. The van der Waals surface area contributed by atoms with Gasteiger partial charge in [-0.15, -0.1) is 0 Å². The fourth-order valence-corrected chi connectivity index (χ4v) is 4.16. The van der Waals surface area contributed by atoms with Crippen molar-refractivity contribution in [3.8, 4) is 0 Å². The molecule has 1 saturated carbocycles. The van der Waals surface area contributed by atoms with Gasteiger partial charge in [0.1, 0.15) is 0 Å². The first-order chi connectivity index (χ1) is 8.35. The molecule has 0 bridgehead atoms. The van der Waals surface area contributed by atoms with Crippen LogP contribution in [0.4, 0.5) is 0 Å². The van der Waals surface area contributed by atoms with Gasteiger partial charge in [0.25, 0.3) is 0 Å². The van der Waals surface area contributed by atoms with Crippen molar-refractivity contribution in [3.63, 3.8) is 0 Å². The summed E-state index contributed by atoms with van der Waals surface area (Å²) in [7, 11) is -3.07. The molecular weight excluding hydrogens is 250 g/mol. The zero-order valence-electron chi connectivity index (χ0n) is 11.4. The van der Waals surface area contributed by atoms with Gasteiger partial charge in [-0.3, -0.25) is 0 Å². The molecule has 0 radical (unpaired) electrons. The van der Waals surface area contributed by atoms with Crippen LogP contribution >= 0.6 is 0 Å². The Labute approximate surface area is 110 Å². The van der Waals surface area contributed by atoms with E-state index in [4.69, 9.17) is 0 Å². The zero-order valence-corrected chi connectivity index (χ0v) is 12.2. The summed E-state index contributed by atoms with van der Waals surface area (Å²) in [6.45, 7) is 3.27. The van der Waals surface area contributed by atoms with E-state index in [1.165, 1.54) is 6.26 Å². The molecule has 2 atom stereocenters. The van der Waals surface area contributed by atoms with Crippen LogP contribution in [-0.4, -0.2) is 42.8 Å². The normalized spacial score (nSPS) is 30.1. The molecule has 1 heterocycles. The Morgan fingerprint density at radius 1 is 1.33 bits per heavy atom. The maximum Gasteiger partial charge on any atom is 0.211 e. The quantitative estimate of drug-likeness (QED) is 0.829. The largest absolute Gasteiger partial charge is 0.390 e. The van der Waals surface area contributed by atoms with Gasteiger partial charge in [-0.1, -0.05) is 6.92 Å². The number of hydrogen-bond acceptors (Lipinski definition) is 3. The maximum atomic E-state index is 11.6. The molecule has 4 nitrogen and oxygen atoms in total. The van der Waals surface area contributed by atoms with Gasteiger partial charge in [0.15, 0.2) is 0 Å². The van der Waals surface area contributed by atoms with Gasteiger partial charge in [-0.05, 0) is 50.4 Å². The number of aliphatic hydroxyl groups is 1. The lowest BCUT2D eigenvalue weighted by atomic mass is 9.81. The van der Waals surface area contributed by atoms with E-state index in [0.29, 0.717) is 24.9 Å². The third kappa shape index (κ3) is 3.25. The van der Waals surface area contributed by atoms with E-state index >= 15 is 0 Å². The minimum Gasteiger partial charge on any atom is -0.390 e. The smallest absolute Gasteiger partial charge is 0.211 e. The van der Waals surface area contributed by atoms with Crippen LogP contribution in [0.2, 0.25) is 0 Å². The van der Waals surface area contributed by atoms with E-state index in [1.807, 2.05) is 6.92 Å². The van der Waals surface area contributed by atoms with E-state index in [9.17, 15) is 13.5 Å². The molecule has 2 rings (SSSR count). The summed E-state index contributed by atoms with van der Waals surface area (Å²) in [6, 6.07) is 0. The van der Waals surface area contributed by atoms with Crippen LogP contribution in [0.25, 0.3) is 0 Å².